The number of hydrazone groups is 1. The fraction of sp³-hybridized carbons (Fsp3) is 0. The van der Waals surface area contributed by atoms with Crippen molar-refractivity contribution in [2.24, 2.45) is 5.10 Å². The molecule has 5 nitrogen and oxygen atoms in total. The average Bonchev–Trinajstić information content (AvgIpc) is 3.36. The minimum Gasteiger partial charge on any atom is -0.267 e. The molecule has 1 amide bonds. The average molecular weight is 443 g/mol. The molecule has 0 bridgehead atoms. The zero-order chi connectivity index (χ0) is 23.2. The van der Waals surface area contributed by atoms with Gasteiger partial charge in [-0.05, 0) is 35.9 Å². The monoisotopic (exact) mass is 442 g/mol. The van der Waals surface area contributed by atoms with Gasteiger partial charge in [-0.25, -0.2) is 10.1 Å². The molecule has 1 aromatic heterocycles. The Hall–Kier alpha value is -4.77. The molecular weight excluding hydrogens is 420 g/mol. The molecule has 4 aromatic carbocycles. The minimum atomic E-state index is -0.244. The SMILES string of the molecule is O=C(N/N=C/c1ccc(-n2nc(-c3ccccc3)cc2-c2ccccc2)cc1)c1ccccc1. The highest BCUT2D eigenvalue weighted by atomic mass is 16.2. The number of carbonyl (C=O) groups is 1. The molecule has 0 fully saturated rings. The molecule has 0 radical (unpaired) electrons. The molecule has 0 spiro atoms. The molecule has 0 aliphatic carbocycles. The Kier molecular flexibility index (Phi) is 6.08. The first-order valence-electron chi connectivity index (χ1n) is 11.0. The van der Waals surface area contributed by atoms with Crippen molar-refractivity contribution in [1.82, 2.24) is 15.2 Å². The fourth-order valence-electron chi connectivity index (χ4n) is 3.66. The summed E-state index contributed by atoms with van der Waals surface area (Å²) in [5, 5.41) is 8.98. The third kappa shape index (κ3) is 4.69. The molecule has 5 rings (SSSR count). The van der Waals surface area contributed by atoms with Gasteiger partial charge in [0.15, 0.2) is 0 Å². The van der Waals surface area contributed by atoms with Crippen LogP contribution in [0.4, 0.5) is 0 Å². The molecule has 0 unspecified atom stereocenters. The van der Waals surface area contributed by atoms with Crippen LogP contribution in [0.2, 0.25) is 0 Å². The molecule has 0 aliphatic heterocycles. The second kappa shape index (κ2) is 9.79. The number of aromatic nitrogens is 2. The third-order valence-corrected chi connectivity index (χ3v) is 5.40. The second-order valence-corrected chi connectivity index (χ2v) is 7.72. The van der Waals surface area contributed by atoms with Gasteiger partial charge < -0.3 is 0 Å². The van der Waals surface area contributed by atoms with E-state index in [1.54, 1.807) is 18.3 Å². The van der Waals surface area contributed by atoms with Crippen molar-refractivity contribution >= 4 is 12.1 Å². The van der Waals surface area contributed by atoms with Gasteiger partial charge in [0.1, 0.15) is 0 Å². The van der Waals surface area contributed by atoms with Crippen LogP contribution in [-0.4, -0.2) is 21.9 Å². The largest absolute Gasteiger partial charge is 0.271 e. The van der Waals surface area contributed by atoms with Gasteiger partial charge in [0.25, 0.3) is 5.91 Å². The minimum absolute atomic E-state index is 0.244. The summed E-state index contributed by atoms with van der Waals surface area (Å²) in [5.41, 5.74) is 9.01. The number of hydrogen-bond donors (Lipinski definition) is 1. The van der Waals surface area contributed by atoms with E-state index in [0.717, 1.165) is 33.8 Å². The highest BCUT2D eigenvalue weighted by Gasteiger charge is 2.13. The van der Waals surface area contributed by atoms with Crippen molar-refractivity contribution in [2.45, 2.75) is 0 Å². The maximum Gasteiger partial charge on any atom is 0.271 e. The molecule has 164 valence electrons. The summed E-state index contributed by atoms with van der Waals surface area (Å²) in [4.78, 5) is 12.1. The molecule has 0 saturated heterocycles. The smallest absolute Gasteiger partial charge is 0.267 e. The maximum absolute atomic E-state index is 12.1. The van der Waals surface area contributed by atoms with Crippen LogP contribution in [0.5, 0.6) is 0 Å². The van der Waals surface area contributed by atoms with Crippen LogP contribution in [0.15, 0.2) is 126 Å². The quantitative estimate of drug-likeness (QED) is 0.260. The van der Waals surface area contributed by atoms with E-state index < -0.39 is 0 Å². The zero-order valence-corrected chi connectivity index (χ0v) is 18.4. The topological polar surface area (TPSA) is 59.3 Å². The van der Waals surface area contributed by atoms with E-state index in [0.29, 0.717) is 5.56 Å². The van der Waals surface area contributed by atoms with Crippen molar-refractivity contribution in [1.29, 1.82) is 0 Å². The predicted octanol–water partition coefficient (Wildman–Crippen LogP) is 5.97. The van der Waals surface area contributed by atoms with E-state index in [1.165, 1.54) is 0 Å². The Morgan fingerprint density at radius 3 is 1.97 bits per heavy atom. The van der Waals surface area contributed by atoms with Crippen molar-refractivity contribution in [3.8, 4) is 28.2 Å². The molecule has 1 N–H and O–H groups in total. The number of benzene rings is 4. The number of nitrogens with one attached hydrogen (secondary N) is 1. The van der Waals surface area contributed by atoms with Gasteiger partial charge in [-0.3, -0.25) is 4.79 Å². The van der Waals surface area contributed by atoms with Crippen LogP contribution in [0.1, 0.15) is 15.9 Å². The van der Waals surface area contributed by atoms with Gasteiger partial charge >= 0.3 is 0 Å². The van der Waals surface area contributed by atoms with E-state index in [1.807, 2.05) is 83.5 Å². The van der Waals surface area contributed by atoms with Crippen molar-refractivity contribution in [3.05, 3.63) is 132 Å². The predicted molar refractivity (Wildman–Crippen MR) is 136 cm³/mol. The number of amides is 1. The zero-order valence-electron chi connectivity index (χ0n) is 18.4. The summed E-state index contributed by atoms with van der Waals surface area (Å²) < 4.78 is 1.95. The second-order valence-electron chi connectivity index (χ2n) is 7.72. The summed E-state index contributed by atoms with van der Waals surface area (Å²) in [6.45, 7) is 0. The van der Waals surface area contributed by atoms with Crippen molar-refractivity contribution in [2.75, 3.05) is 0 Å². The fourth-order valence-corrected chi connectivity index (χ4v) is 3.66. The number of hydrogen-bond acceptors (Lipinski definition) is 3. The number of carbonyl (C=O) groups excluding carboxylic acids is 1. The van der Waals surface area contributed by atoms with E-state index >= 15 is 0 Å². The molecule has 34 heavy (non-hydrogen) atoms. The van der Waals surface area contributed by atoms with Crippen molar-refractivity contribution < 1.29 is 4.79 Å². The number of nitrogens with zero attached hydrogens (tertiary/aromatic N) is 3. The Morgan fingerprint density at radius 1 is 0.735 bits per heavy atom. The van der Waals surface area contributed by atoms with Gasteiger partial charge in [-0.1, -0.05) is 91.0 Å². The van der Waals surface area contributed by atoms with E-state index in [4.69, 9.17) is 5.10 Å². The number of rotatable bonds is 6. The van der Waals surface area contributed by atoms with Crippen LogP contribution in [-0.2, 0) is 0 Å². The van der Waals surface area contributed by atoms with E-state index in [2.05, 4.69) is 40.9 Å². The normalized spacial score (nSPS) is 10.9. The summed E-state index contributed by atoms with van der Waals surface area (Å²) >= 11 is 0. The lowest BCUT2D eigenvalue weighted by Gasteiger charge is -2.08. The first-order chi connectivity index (χ1) is 16.8. The highest BCUT2D eigenvalue weighted by Crippen LogP contribution is 2.28. The molecule has 0 saturated carbocycles. The van der Waals surface area contributed by atoms with Crippen LogP contribution in [0.3, 0.4) is 0 Å². The third-order valence-electron chi connectivity index (χ3n) is 5.40. The Balaban J connectivity index is 1.40. The molecule has 5 heteroatoms. The first-order valence-corrected chi connectivity index (χ1v) is 11.0. The highest BCUT2D eigenvalue weighted by molar-refractivity contribution is 5.94. The van der Waals surface area contributed by atoms with Crippen LogP contribution >= 0.6 is 0 Å². The molecular formula is C29H22N4O. The van der Waals surface area contributed by atoms with Crippen LogP contribution in [0.25, 0.3) is 28.2 Å². The standard InChI is InChI=1S/C29H22N4O/c34-29(25-14-8-3-9-15-25)31-30-21-22-16-18-26(19-17-22)33-28(24-12-6-2-7-13-24)20-27(32-33)23-10-4-1-5-11-23/h1-21H,(H,31,34)/b30-21+. The lowest BCUT2D eigenvalue weighted by atomic mass is 10.1. The van der Waals surface area contributed by atoms with Gasteiger partial charge in [-0.2, -0.15) is 10.2 Å². The van der Waals surface area contributed by atoms with Gasteiger partial charge in [0.05, 0.1) is 23.3 Å². The summed E-state index contributed by atoms with van der Waals surface area (Å²) in [6.07, 6.45) is 1.63. The molecule has 1 heterocycles. The Labute approximate surface area is 198 Å². The van der Waals surface area contributed by atoms with Crippen molar-refractivity contribution in [3.63, 3.8) is 0 Å². The summed E-state index contributed by atoms with van der Waals surface area (Å²) in [5.74, 6) is -0.244. The molecule has 0 atom stereocenters. The van der Waals surface area contributed by atoms with Gasteiger partial charge in [0, 0.05) is 16.7 Å². The van der Waals surface area contributed by atoms with Crippen LogP contribution in [0, 0.1) is 0 Å². The van der Waals surface area contributed by atoms with E-state index in [-0.39, 0.29) is 5.91 Å². The first kappa shape index (κ1) is 21.1. The Morgan fingerprint density at radius 2 is 1.32 bits per heavy atom. The van der Waals surface area contributed by atoms with Gasteiger partial charge in [0.2, 0.25) is 0 Å². The lowest BCUT2D eigenvalue weighted by molar-refractivity contribution is 0.0955. The van der Waals surface area contributed by atoms with Crippen LogP contribution < -0.4 is 5.43 Å². The Bertz CT molecular complexity index is 1410. The maximum atomic E-state index is 12.1. The molecule has 5 aromatic rings. The summed E-state index contributed by atoms with van der Waals surface area (Å²) in [7, 11) is 0. The molecule has 0 aliphatic rings. The van der Waals surface area contributed by atoms with Gasteiger partial charge in [-0.15, -0.1) is 0 Å². The lowest BCUT2D eigenvalue weighted by Crippen LogP contribution is -2.17. The van der Waals surface area contributed by atoms with E-state index in [9.17, 15) is 4.79 Å². The summed E-state index contributed by atoms with van der Waals surface area (Å²) in [6, 6.07) is 39.4.